The minimum absolute atomic E-state index is 0.285. The van der Waals surface area contributed by atoms with Crippen molar-refractivity contribution in [3.63, 3.8) is 0 Å². The van der Waals surface area contributed by atoms with E-state index in [0.29, 0.717) is 24.8 Å². The molecule has 2 rings (SSSR count). The molecule has 18 heavy (non-hydrogen) atoms. The summed E-state index contributed by atoms with van der Waals surface area (Å²) in [6.45, 7) is 3.13. The molecule has 4 nitrogen and oxygen atoms in total. The Morgan fingerprint density at radius 1 is 1.39 bits per heavy atom. The van der Waals surface area contributed by atoms with Crippen LogP contribution in [-0.2, 0) is 6.54 Å². The minimum Gasteiger partial charge on any atom is -0.431 e. The molecule has 0 amide bonds. The molecule has 0 unspecified atom stereocenters. The van der Waals surface area contributed by atoms with Gasteiger partial charge >= 0.3 is 6.01 Å². The summed E-state index contributed by atoms with van der Waals surface area (Å²) in [5, 5.41) is 2.99. The summed E-state index contributed by atoms with van der Waals surface area (Å²) in [6.07, 6.45) is 1.58. The molecular formula is C13H16FN3O. The highest BCUT2D eigenvalue weighted by atomic mass is 19.1. The second kappa shape index (κ2) is 5.64. The molecule has 1 aromatic carbocycles. The molecule has 0 atom stereocenters. The molecule has 2 aromatic rings. The van der Waals surface area contributed by atoms with Gasteiger partial charge in [0, 0.05) is 13.1 Å². The van der Waals surface area contributed by atoms with Gasteiger partial charge in [-0.2, -0.15) is 4.98 Å². The minimum atomic E-state index is -0.285. The third-order valence-electron chi connectivity index (χ3n) is 2.59. The van der Waals surface area contributed by atoms with Gasteiger partial charge in [0.1, 0.15) is 12.1 Å². The number of rotatable bonds is 5. The molecule has 1 N–H and O–H groups in total. The molecule has 0 spiro atoms. The first-order valence-electron chi connectivity index (χ1n) is 5.87. The van der Waals surface area contributed by atoms with E-state index in [1.165, 1.54) is 6.07 Å². The maximum Gasteiger partial charge on any atom is 0.302 e. The zero-order valence-corrected chi connectivity index (χ0v) is 10.5. The van der Waals surface area contributed by atoms with E-state index < -0.39 is 0 Å². The summed E-state index contributed by atoms with van der Waals surface area (Å²) in [4.78, 5) is 6.02. The second-order valence-corrected chi connectivity index (χ2v) is 3.85. The molecule has 96 valence electrons. The highest BCUT2D eigenvalue weighted by Gasteiger charge is 2.16. The van der Waals surface area contributed by atoms with Crippen molar-refractivity contribution in [2.45, 2.75) is 13.5 Å². The number of anilines is 2. The molecule has 0 aliphatic rings. The Kier molecular flexibility index (Phi) is 3.94. The fourth-order valence-corrected chi connectivity index (χ4v) is 1.76. The molecule has 5 heteroatoms. The first kappa shape index (κ1) is 12.6. The first-order chi connectivity index (χ1) is 8.76. The predicted molar refractivity (Wildman–Crippen MR) is 68.3 cm³/mol. The fraction of sp³-hybridized carbons (Fsp3) is 0.308. The Labute approximate surface area is 105 Å². The third-order valence-corrected chi connectivity index (χ3v) is 2.59. The smallest absolute Gasteiger partial charge is 0.302 e. The van der Waals surface area contributed by atoms with E-state index in [4.69, 9.17) is 4.42 Å². The van der Waals surface area contributed by atoms with Gasteiger partial charge in [0.05, 0.1) is 11.4 Å². The van der Waals surface area contributed by atoms with Crippen LogP contribution >= 0.6 is 0 Å². The van der Waals surface area contributed by atoms with Gasteiger partial charge in [-0.3, -0.25) is 4.90 Å². The monoisotopic (exact) mass is 249 g/mol. The summed E-state index contributed by atoms with van der Waals surface area (Å²) >= 11 is 0. The lowest BCUT2D eigenvalue weighted by Gasteiger charge is -2.18. The van der Waals surface area contributed by atoms with Crippen molar-refractivity contribution in [2.24, 2.45) is 0 Å². The number of hydrogen-bond donors (Lipinski definition) is 1. The fourth-order valence-electron chi connectivity index (χ4n) is 1.76. The van der Waals surface area contributed by atoms with E-state index in [1.807, 2.05) is 14.0 Å². The third kappa shape index (κ3) is 2.51. The van der Waals surface area contributed by atoms with Crippen LogP contribution in [0.2, 0.25) is 0 Å². The first-order valence-corrected chi connectivity index (χ1v) is 5.87. The number of nitrogens with zero attached hydrogens (tertiary/aromatic N) is 2. The number of halogens is 1. The lowest BCUT2D eigenvalue weighted by atomic mass is 10.3. The molecule has 0 bridgehead atoms. The van der Waals surface area contributed by atoms with Crippen molar-refractivity contribution in [1.82, 2.24) is 10.3 Å². The molecular weight excluding hydrogens is 233 g/mol. The lowest BCUT2D eigenvalue weighted by molar-refractivity contribution is 0.547. The molecule has 0 aliphatic heterocycles. The van der Waals surface area contributed by atoms with Crippen LogP contribution in [0.4, 0.5) is 16.1 Å². The Balaban J connectivity index is 2.30. The summed E-state index contributed by atoms with van der Waals surface area (Å²) in [5.74, 6) is -0.285. The number of para-hydroxylation sites is 1. The number of nitrogens with one attached hydrogen (secondary N) is 1. The van der Waals surface area contributed by atoms with E-state index >= 15 is 0 Å². The van der Waals surface area contributed by atoms with Crippen LogP contribution < -0.4 is 10.2 Å². The average molecular weight is 249 g/mol. The predicted octanol–water partition coefficient (Wildman–Crippen LogP) is 2.69. The maximum absolute atomic E-state index is 13.7. The van der Waals surface area contributed by atoms with Gasteiger partial charge < -0.3 is 9.73 Å². The summed E-state index contributed by atoms with van der Waals surface area (Å²) in [5.41, 5.74) is 1.26. The highest BCUT2D eigenvalue weighted by Crippen LogP contribution is 2.26. The van der Waals surface area contributed by atoms with Crippen molar-refractivity contribution in [3.05, 3.63) is 42.0 Å². The van der Waals surface area contributed by atoms with E-state index in [0.717, 1.165) is 5.69 Å². The molecule has 1 aromatic heterocycles. The quantitative estimate of drug-likeness (QED) is 0.884. The highest BCUT2D eigenvalue weighted by molar-refractivity contribution is 5.56. The topological polar surface area (TPSA) is 41.3 Å². The van der Waals surface area contributed by atoms with Crippen LogP contribution in [0, 0.1) is 5.82 Å². The van der Waals surface area contributed by atoms with E-state index in [-0.39, 0.29) is 5.82 Å². The van der Waals surface area contributed by atoms with Gasteiger partial charge in [0.2, 0.25) is 0 Å². The van der Waals surface area contributed by atoms with Crippen LogP contribution in [0.15, 0.2) is 34.9 Å². The van der Waals surface area contributed by atoms with Crippen LogP contribution in [0.1, 0.15) is 12.6 Å². The lowest BCUT2D eigenvalue weighted by Crippen LogP contribution is -2.18. The van der Waals surface area contributed by atoms with Crippen LogP contribution in [0.25, 0.3) is 0 Å². The molecule has 0 saturated carbocycles. The number of oxazole rings is 1. The number of hydrogen-bond acceptors (Lipinski definition) is 4. The van der Waals surface area contributed by atoms with E-state index in [2.05, 4.69) is 10.3 Å². The van der Waals surface area contributed by atoms with Crippen molar-refractivity contribution in [2.75, 3.05) is 18.5 Å². The van der Waals surface area contributed by atoms with Crippen molar-refractivity contribution in [1.29, 1.82) is 0 Å². The molecule has 0 fully saturated rings. The van der Waals surface area contributed by atoms with Gasteiger partial charge in [-0.05, 0) is 26.1 Å². The summed E-state index contributed by atoms with van der Waals surface area (Å²) < 4.78 is 19.1. The van der Waals surface area contributed by atoms with Gasteiger partial charge in [0.25, 0.3) is 0 Å². The standard InChI is InChI=1S/C13H16FN3O/c1-3-17(12-7-5-4-6-11(12)14)13-16-10(8-15-2)9-18-13/h4-7,9,15H,3,8H2,1-2H3. The van der Waals surface area contributed by atoms with Crippen molar-refractivity contribution in [3.8, 4) is 0 Å². The molecule has 0 saturated heterocycles. The van der Waals surface area contributed by atoms with Gasteiger partial charge in [-0.25, -0.2) is 4.39 Å². The second-order valence-electron chi connectivity index (χ2n) is 3.85. The summed E-state index contributed by atoms with van der Waals surface area (Å²) in [7, 11) is 1.84. The van der Waals surface area contributed by atoms with Gasteiger partial charge in [-0.1, -0.05) is 12.1 Å². The van der Waals surface area contributed by atoms with Crippen molar-refractivity contribution < 1.29 is 8.81 Å². The Bertz CT molecular complexity index is 512. The van der Waals surface area contributed by atoms with Crippen LogP contribution in [-0.4, -0.2) is 18.6 Å². The van der Waals surface area contributed by atoms with Crippen molar-refractivity contribution >= 4 is 11.7 Å². The number of benzene rings is 1. The number of aromatic nitrogens is 1. The van der Waals surface area contributed by atoms with Gasteiger partial charge in [0.15, 0.2) is 0 Å². The Hall–Kier alpha value is -1.88. The molecule has 0 aliphatic carbocycles. The summed E-state index contributed by atoms with van der Waals surface area (Å²) in [6, 6.07) is 7.00. The molecule has 1 heterocycles. The largest absolute Gasteiger partial charge is 0.431 e. The van der Waals surface area contributed by atoms with Gasteiger partial charge in [-0.15, -0.1) is 0 Å². The SMILES string of the molecule is CCN(c1nc(CNC)co1)c1ccccc1F. The van der Waals surface area contributed by atoms with E-state index in [1.54, 1.807) is 29.4 Å². The zero-order valence-electron chi connectivity index (χ0n) is 10.5. The van der Waals surface area contributed by atoms with Crippen LogP contribution in [0.3, 0.4) is 0 Å². The Morgan fingerprint density at radius 3 is 2.83 bits per heavy atom. The Morgan fingerprint density at radius 2 is 2.17 bits per heavy atom. The average Bonchev–Trinajstić information content (AvgIpc) is 2.82. The molecule has 0 radical (unpaired) electrons. The van der Waals surface area contributed by atoms with Crippen LogP contribution in [0.5, 0.6) is 0 Å². The normalized spacial score (nSPS) is 10.6. The van der Waals surface area contributed by atoms with E-state index in [9.17, 15) is 4.39 Å². The zero-order chi connectivity index (χ0) is 13.0. The maximum atomic E-state index is 13.7.